The Kier molecular flexibility index (Phi) is 5.58. The number of thiazole rings is 1. The average molecular weight is 531 g/mol. The Hall–Kier alpha value is -3.68. The number of benzene rings is 3. The van der Waals surface area contributed by atoms with E-state index in [9.17, 15) is 14.7 Å². The van der Waals surface area contributed by atoms with Crippen molar-refractivity contribution in [1.82, 2.24) is 4.98 Å². The van der Waals surface area contributed by atoms with Gasteiger partial charge in [-0.15, -0.1) is 0 Å². The molecule has 1 N–H and O–H groups in total. The van der Waals surface area contributed by atoms with Gasteiger partial charge in [0.05, 0.1) is 21.8 Å². The van der Waals surface area contributed by atoms with E-state index in [4.69, 9.17) is 21.3 Å². The number of anilines is 1. The molecular formula is C29H23ClN2O4S. The predicted octanol–water partition coefficient (Wildman–Crippen LogP) is 6.52. The molecule has 186 valence electrons. The highest BCUT2D eigenvalue weighted by molar-refractivity contribution is 7.22. The number of aliphatic hydroxyl groups excluding tert-OH is 1. The predicted molar refractivity (Wildman–Crippen MR) is 146 cm³/mol. The third-order valence-electron chi connectivity index (χ3n) is 6.82. The third kappa shape index (κ3) is 3.90. The molecule has 1 amide bonds. The number of hydrogen-bond acceptors (Lipinski definition) is 6. The standard InChI is InChI=1S/C29H23ClN2O4S/c1-14-10-15(2)24-22(11-14)37-29(31-24)32-25(17-4-7-20(30)8-5-17)23(27(34)28(32)35)26(33)18-6-9-21-19(13-18)12-16(3)36-21/h4-11,13,16,25,33H,12H2,1-3H3. The average Bonchev–Trinajstić information content (AvgIpc) is 3.52. The summed E-state index contributed by atoms with van der Waals surface area (Å²) in [6.45, 7) is 5.96. The summed E-state index contributed by atoms with van der Waals surface area (Å²) in [6, 6.07) is 15.5. The maximum absolute atomic E-state index is 13.5. The molecule has 1 fully saturated rings. The van der Waals surface area contributed by atoms with Crippen molar-refractivity contribution in [2.24, 2.45) is 0 Å². The van der Waals surface area contributed by atoms with Gasteiger partial charge in [-0.2, -0.15) is 0 Å². The summed E-state index contributed by atoms with van der Waals surface area (Å²) in [7, 11) is 0. The summed E-state index contributed by atoms with van der Waals surface area (Å²) in [5.41, 5.74) is 4.95. The maximum atomic E-state index is 13.5. The molecule has 2 aliphatic rings. The second kappa shape index (κ2) is 8.71. The lowest BCUT2D eigenvalue weighted by Crippen LogP contribution is -2.29. The van der Waals surface area contributed by atoms with Crippen LogP contribution in [0.5, 0.6) is 5.75 Å². The number of ether oxygens (including phenoxy) is 1. The molecule has 0 aliphatic carbocycles. The zero-order chi connectivity index (χ0) is 26.0. The van der Waals surface area contributed by atoms with Gasteiger partial charge in [0.1, 0.15) is 17.6 Å². The first kappa shape index (κ1) is 23.7. The molecular weight excluding hydrogens is 508 g/mol. The molecule has 1 aromatic heterocycles. The van der Waals surface area contributed by atoms with Gasteiger partial charge in [-0.3, -0.25) is 14.5 Å². The third-order valence-corrected chi connectivity index (χ3v) is 8.08. The number of halogens is 1. The first-order valence-corrected chi connectivity index (χ1v) is 13.1. The summed E-state index contributed by atoms with van der Waals surface area (Å²) in [5.74, 6) is -0.946. The number of aliphatic hydroxyl groups is 1. The van der Waals surface area contributed by atoms with Crippen LogP contribution in [-0.4, -0.2) is 27.9 Å². The highest BCUT2D eigenvalue weighted by Crippen LogP contribution is 2.45. The highest BCUT2D eigenvalue weighted by atomic mass is 35.5. The van der Waals surface area contributed by atoms with E-state index in [1.54, 1.807) is 36.4 Å². The van der Waals surface area contributed by atoms with Crippen molar-refractivity contribution in [3.63, 3.8) is 0 Å². The van der Waals surface area contributed by atoms with Crippen LogP contribution < -0.4 is 9.64 Å². The Morgan fingerprint density at radius 2 is 1.86 bits per heavy atom. The van der Waals surface area contributed by atoms with Crippen molar-refractivity contribution in [1.29, 1.82) is 0 Å². The van der Waals surface area contributed by atoms with Gasteiger partial charge in [-0.1, -0.05) is 41.1 Å². The van der Waals surface area contributed by atoms with Crippen LogP contribution in [0.4, 0.5) is 5.13 Å². The van der Waals surface area contributed by atoms with Crippen molar-refractivity contribution in [3.05, 3.63) is 93.0 Å². The minimum atomic E-state index is -0.859. The van der Waals surface area contributed by atoms with Crippen molar-refractivity contribution in [3.8, 4) is 5.75 Å². The Morgan fingerprint density at radius 3 is 2.62 bits per heavy atom. The van der Waals surface area contributed by atoms with E-state index in [2.05, 4.69) is 0 Å². The van der Waals surface area contributed by atoms with Crippen molar-refractivity contribution >= 4 is 55.7 Å². The number of hydrogen-bond donors (Lipinski definition) is 1. The molecule has 0 spiro atoms. The molecule has 3 aromatic carbocycles. The van der Waals surface area contributed by atoms with Gasteiger partial charge >= 0.3 is 5.91 Å². The van der Waals surface area contributed by atoms with Crippen LogP contribution in [0.25, 0.3) is 16.0 Å². The van der Waals surface area contributed by atoms with Gasteiger partial charge < -0.3 is 9.84 Å². The van der Waals surface area contributed by atoms with E-state index in [1.807, 2.05) is 39.0 Å². The molecule has 0 bridgehead atoms. The molecule has 2 atom stereocenters. The van der Waals surface area contributed by atoms with Gasteiger partial charge in [0.25, 0.3) is 5.78 Å². The molecule has 6 nitrogen and oxygen atoms in total. The maximum Gasteiger partial charge on any atom is 0.301 e. The smallest absolute Gasteiger partial charge is 0.301 e. The summed E-state index contributed by atoms with van der Waals surface area (Å²) in [4.78, 5) is 33.2. The van der Waals surface area contributed by atoms with Gasteiger partial charge in [0.15, 0.2) is 5.13 Å². The Bertz CT molecular complexity index is 1640. The number of carbonyl (C=O) groups is 2. The molecule has 6 rings (SSSR count). The van der Waals surface area contributed by atoms with Crippen LogP contribution in [0, 0.1) is 13.8 Å². The molecule has 37 heavy (non-hydrogen) atoms. The van der Waals surface area contributed by atoms with Gasteiger partial charge in [0.2, 0.25) is 0 Å². The van der Waals surface area contributed by atoms with Crippen LogP contribution in [0.1, 0.15) is 40.8 Å². The molecule has 0 radical (unpaired) electrons. The quantitative estimate of drug-likeness (QED) is 0.185. The molecule has 4 aromatic rings. The van der Waals surface area contributed by atoms with Crippen LogP contribution in [0.2, 0.25) is 5.02 Å². The summed E-state index contributed by atoms with van der Waals surface area (Å²) in [5, 5.41) is 12.4. The van der Waals surface area contributed by atoms with E-state index in [0.29, 0.717) is 27.7 Å². The Morgan fingerprint density at radius 1 is 1.11 bits per heavy atom. The number of aromatic nitrogens is 1. The Balaban J connectivity index is 1.54. The highest BCUT2D eigenvalue weighted by Gasteiger charge is 2.48. The number of fused-ring (bicyclic) bond motifs is 2. The number of nitrogens with zero attached hydrogens (tertiary/aromatic N) is 2. The molecule has 2 unspecified atom stereocenters. The van der Waals surface area contributed by atoms with Gasteiger partial charge in [0, 0.05) is 17.0 Å². The topological polar surface area (TPSA) is 79.7 Å². The zero-order valence-corrected chi connectivity index (χ0v) is 22.0. The van der Waals surface area contributed by atoms with Crippen LogP contribution in [0.15, 0.2) is 60.2 Å². The lowest BCUT2D eigenvalue weighted by Gasteiger charge is -2.23. The van der Waals surface area contributed by atoms with Crippen molar-refractivity contribution in [2.75, 3.05) is 4.90 Å². The van der Waals surface area contributed by atoms with Gasteiger partial charge in [-0.25, -0.2) is 4.98 Å². The first-order chi connectivity index (χ1) is 17.7. The van der Waals surface area contributed by atoms with Crippen molar-refractivity contribution in [2.45, 2.75) is 39.3 Å². The summed E-state index contributed by atoms with van der Waals surface area (Å²) >= 11 is 7.50. The number of ketones is 1. The molecule has 2 aliphatic heterocycles. The molecule has 1 saturated heterocycles. The summed E-state index contributed by atoms with van der Waals surface area (Å²) in [6.07, 6.45) is 0.744. The van der Waals surface area contributed by atoms with Crippen LogP contribution in [-0.2, 0) is 16.0 Å². The van der Waals surface area contributed by atoms with E-state index in [1.165, 1.54) is 16.2 Å². The first-order valence-electron chi connectivity index (χ1n) is 12.0. The zero-order valence-electron chi connectivity index (χ0n) is 20.4. The molecule has 3 heterocycles. The largest absolute Gasteiger partial charge is 0.507 e. The van der Waals surface area contributed by atoms with Gasteiger partial charge in [-0.05, 0) is 79.4 Å². The van der Waals surface area contributed by atoms with E-state index in [-0.39, 0.29) is 17.4 Å². The van der Waals surface area contributed by atoms with E-state index in [0.717, 1.165) is 32.7 Å². The second-order valence-electron chi connectivity index (χ2n) is 9.60. The van der Waals surface area contributed by atoms with Crippen LogP contribution >= 0.6 is 22.9 Å². The fourth-order valence-corrected chi connectivity index (χ4v) is 6.47. The SMILES string of the molecule is Cc1cc(C)c2nc(N3C(=O)C(=O)C(=C(O)c4ccc5c(c4)CC(C)O5)C3c3ccc(Cl)cc3)sc2c1. The summed E-state index contributed by atoms with van der Waals surface area (Å²) < 4.78 is 6.71. The molecule has 0 saturated carbocycles. The monoisotopic (exact) mass is 530 g/mol. The number of carbonyl (C=O) groups excluding carboxylic acids is 2. The number of amides is 1. The second-order valence-corrected chi connectivity index (χ2v) is 11.0. The normalized spacial score (nSPS) is 20.5. The number of Topliss-reactive ketones (excluding diaryl/α,β-unsaturated/α-hetero) is 1. The number of aryl methyl sites for hydroxylation is 2. The minimum Gasteiger partial charge on any atom is -0.507 e. The molecule has 8 heteroatoms. The number of rotatable bonds is 3. The van der Waals surface area contributed by atoms with Crippen molar-refractivity contribution < 1.29 is 19.4 Å². The van der Waals surface area contributed by atoms with Crippen LogP contribution in [0.3, 0.4) is 0 Å². The van der Waals surface area contributed by atoms with E-state index >= 15 is 0 Å². The lowest BCUT2D eigenvalue weighted by molar-refractivity contribution is -0.132. The Labute approximate surface area is 222 Å². The minimum absolute atomic E-state index is 0.0198. The van der Waals surface area contributed by atoms with E-state index < -0.39 is 17.7 Å². The fourth-order valence-electron chi connectivity index (χ4n) is 5.18. The fraction of sp³-hybridized carbons (Fsp3) is 0.207. The lowest BCUT2D eigenvalue weighted by atomic mass is 9.94.